The number of anilines is 3. The maximum absolute atomic E-state index is 11.9. The van der Waals surface area contributed by atoms with Crippen LogP contribution in [0.2, 0.25) is 0 Å². The first-order chi connectivity index (χ1) is 13.4. The molecule has 0 bridgehead atoms. The number of hydrogen-bond donors (Lipinski definition) is 2. The number of hydrogen-bond acceptors (Lipinski definition) is 8. The molecule has 0 spiro atoms. The SMILES string of the molecule is C=CC(=O)N1CCCC(N(C)c2cnc(C(N)=O)c(Nc3cc(C)ns3)n2)C1. The Labute approximate surface area is 167 Å². The number of nitrogens with one attached hydrogen (secondary N) is 1. The van der Waals surface area contributed by atoms with Crippen LogP contribution in [-0.2, 0) is 4.79 Å². The topological polar surface area (TPSA) is 117 Å². The number of nitrogens with two attached hydrogens (primary N) is 1. The number of primary amides is 1. The monoisotopic (exact) mass is 401 g/mol. The summed E-state index contributed by atoms with van der Waals surface area (Å²) >= 11 is 1.26. The second-order valence-corrected chi connectivity index (χ2v) is 7.45. The van der Waals surface area contributed by atoms with E-state index in [0.717, 1.165) is 30.1 Å². The van der Waals surface area contributed by atoms with E-state index in [4.69, 9.17) is 5.73 Å². The normalized spacial score (nSPS) is 16.5. The summed E-state index contributed by atoms with van der Waals surface area (Å²) in [6.45, 7) is 6.74. The highest BCUT2D eigenvalue weighted by atomic mass is 32.1. The van der Waals surface area contributed by atoms with Crippen molar-refractivity contribution in [2.24, 2.45) is 5.73 Å². The molecule has 2 aromatic rings. The van der Waals surface area contributed by atoms with E-state index in [0.29, 0.717) is 12.4 Å². The van der Waals surface area contributed by atoms with Gasteiger partial charge in [-0.1, -0.05) is 6.58 Å². The Morgan fingerprint density at radius 1 is 1.50 bits per heavy atom. The zero-order valence-electron chi connectivity index (χ0n) is 15.9. The van der Waals surface area contributed by atoms with Gasteiger partial charge in [0.1, 0.15) is 10.8 Å². The Morgan fingerprint density at radius 2 is 2.29 bits per heavy atom. The molecule has 1 saturated heterocycles. The number of likely N-dealkylation sites (tertiary alicyclic amines) is 1. The molecule has 1 fully saturated rings. The van der Waals surface area contributed by atoms with E-state index < -0.39 is 5.91 Å². The van der Waals surface area contributed by atoms with Gasteiger partial charge >= 0.3 is 0 Å². The van der Waals surface area contributed by atoms with Crippen molar-refractivity contribution in [3.8, 4) is 0 Å². The van der Waals surface area contributed by atoms with Crippen molar-refractivity contribution in [1.82, 2.24) is 19.2 Å². The van der Waals surface area contributed by atoms with E-state index in [-0.39, 0.29) is 23.5 Å². The molecule has 10 heteroatoms. The molecule has 2 amide bonds. The molecule has 1 atom stereocenters. The van der Waals surface area contributed by atoms with E-state index in [2.05, 4.69) is 26.2 Å². The lowest BCUT2D eigenvalue weighted by Gasteiger charge is -2.37. The lowest BCUT2D eigenvalue weighted by atomic mass is 10.0. The smallest absolute Gasteiger partial charge is 0.271 e. The fourth-order valence-corrected chi connectivity index (χ4v) is 3.80. The number of likely N-dealkylation sites (N-methyl/N-ethyl adjacent to an activating group) is 1. The number of aryl methyl sites for hydroxylation is 1. The third-order valence-corrected chi connectivity index (χ3v) is 5.45. The van der Waals surface area contributed by atoms with Crippen LogP contribution in [0.25, 0.3) is 0 Å². The zero-order valence-corrected chi connectivity index (χ0v) is 16.7. The summed E-state index contributed by atoms with van der Waals surface area (Å²) in [5, 5.41) is 3.83. The van der Waals surface area contributed by atoms with Crippen LogP contribution in [0.4, 0.5) is 16.6 Å². The first-order valence-electron chi connectivity index (χ1n) is 8.90. The molecule has 1 aliphatic heterocycles. The van der Waals surface area contributed by atoms with Gasteiger partial charge in [-0.15, -0.1) is 0 Å². The molecule has 3 N–H and O–H groups in total. The molecular formula is C18H23N7O2S. The molecular weight excluding hydrogens is 378 g/mol. The molecule has 0 saturated carbocycles. The second-order valence-electron chi connectivity index (χ2n) is 6.64. The number of piperidine rings is 1. The van der Waals surface area contributed by atoms with E-state index in [1.54, 1.807) is 4.90 Å². The van der Waals surface area contributed by atoms with Gasteiger partial charge in [-0.3, -0.25) is 9.59 Å². The average molecular weight is 401 g/mol. The van der Waals surface area contributed by atoms with Crippen molar-refractivity contribution in [2.45, 2.75) is 25.8 Å². The van der Waals surface area contributed by atoms with Crippen LogP contribution in [0.15, 0.2) is 24.9 Å². The first-order valence-corrected chi connectivity index (χ1v) is 9.67. The van der Waals surface area contributed by atoms with Crippen molar-refractivity contribution in [3.05, 3.63) is 36.3 Å². The Balaban J connectivity index is 1.84. The van der Waals surface area contributed by atoms with Gasteiger partial charge in [0.05, 0.1) is 11.9 Å². The van der Waals surface area contributed by atoms with E-state index in [1.165, 1.54) is 23.8 Å². The Hall–Kier alpha value is -3.01. The minimum absolute atomic E-state index is 0.0651. The van der Waals surface area contributed by atoms with Gasteiger partial charge in [-0.2, -0.15) is 4.37 Å². The maximum Gasteiger partial charge on any atom is 0.271 e. The largest absolute Gasteiger partial charge is 0.364 e. The van der Waals surface area contributed by atoms with Gasteiger partial charge < -0.3 is 20.9 Å². The minimum Gasteiger partial charge on any atom is -0.364 e. The van der Waals surface area contributed by atoms with Gasteiger partial charge in [0.2, 0.25) is 5.91 Å². The predicted octanol–water partition coefficient (Wildman–Crippen LogP) is 1.70. The van der Waals surface area contributed by atoms with Gasteiger partial charge in [-0.25, -0.2) is 9.97 Å². The Kier molecular flexibility index (Phi) is 5.88. The van der Waals surface area contributed by atoms with Crippen LogP contribution in [0.3, 0.4) is 0 Å². The highest BCUT2D eigenvalue weighted by Gasteiger charge is 2.27. The fraction of sp³-hybridized carbons (Fsp3) is 0.389. The Bertz CT molecular complexity index is 898. The van der Waals surface area contributed by atoms with Crippen molar-refractivity contribution in [2.75, 3.05) is 30.4 Å². The average Bonchev–Trinajstić information content (AvgIpc) is 3.11. The number of rotatable bonds is 6. The lowest BCUT2D eigenvalue weighted by molar-refractivity contribution is -0.127. The lowest BCUT2D eigenvalue weighted by Crippen LogP contribution is -2.48. The summed E-state index contributed by atoms with van der Waals surface area (Å²) in [4.78, 5) is 36.2. The number of aromatic nitrogens is 3. The molecule has 3 heterocycles. The highest BCUT2D eigenvalue weighted by molar-refractivity contribution is 7.10. The first kappa shape index (κ1) is 19.7. The number of amides is 2. The van der Waals surface area contributed by atoms with Crippen LogP contribution in [-0.4, -0.2) is 57.2 Å². The van der Waals surface area contributed by atoms with Crippen molar-refractivity contribution < 1.29 is 9.59 Å². The number of nitrogens with zero attached hydrogens (tertiary/aromatic N) is 5. The molecule has 0 aromatic carbocycles. The summed E-state index contributed by atoms with van der Waals surface area (Å²) in [5.41, 5.74) is 6.38. The van der Waals surface area contributed by atoms with Gasteiger partial charge in [0, 0.05) is 26.2 Å². The van der Waals surface area contributed by atoms with E-state index >= 15 is 0 Å². The molecule has 0 aliphatic carbocycles. The van der Waals surface area contributed by atoms with Crippen LogP contribution in [0.5, 0.6) is 0 Å². The molecule has 9 nitrogen and oxygen atoms in total. The zero-order chi connectivity index (χ0) is 20.3. The van der Waals surface area contributed by atoms with Crippen LogP contribution >= 0.6 is 11.5 Å². The third-order valence-electron chi connectivity index (χ3n) is 4.65. The fourth-order valence-electron chi connectivity index (χ4n) is 3.14. The van der Waals surface area contributed by atoms with Crippen molar-refractivity contribution >= 4 is 40.0 Å². The minimum atomic E-state index is -0.661. The van der Waals surface area contributed by atoms with Crippen LogP contribution in [0.1, 0.15) is 29.0 Å². The highest BCUT2D eigenvalue weighted by Crippen LogP contribution is 2.26. The van der Waals surface area contributed by atoms with Crippen LogP contribution in [0, 0.1) is 6.92 Å². The summed E-state index contributed by atoms with van der Waals surface area (Å²) in [5.74, 6) is 0.143. The van der Waals surface area contributed by atoms with Crippen molar-refractivity contribution in [1.29, 1.82) is 0 Å². The standard InChI is InChI=1S/C18H23N7O2S/c1-4-15(26)25-7-5-6-12(10-25)24(3)13-9-20-16(17(19)27)18(21-13)22-14-8-11(2)23-28-14/h4,8-9,12H,1,5-7,10H2,2-3H3,(H2,19,27)(H,21,22). The van der Waals surface area contributed by atoms with Crippen molar-refractivity contribution in [3.63, 3.8) is 0 Å². The van der Waals surface area contributed by atoms with E-state index in [1.807, 2.05) is 24.9 Å². The molecule has 2 aromatic heterocycles. The molecule has 1 unspecified atom stereocenters. The summed E-state index contributed by atoms with van der Waals surface area (Å²) in [6.07, 6.45) is 4.68. The third kappa shape index (κ3) is 4.28. The van der Waals surface area contributed by atoms with Crippen LogP contribution < -0.4 is 16.0 Å². The number of carbonyl (C=O) groups excluding carboxylic acids is 2. The molecule has 3 rings (SSSR count). The number of carbonyl (C=O) groups is 2. The van der Waals surface area contributed by atoms with Gasteiger partial charge in [-0.05, 0) is 43.4 Å². The Morgan fingerprint density at radius 3 is 2.93 bits per heavy atom. The molecule has 28 heavy (non-hydrogen) atoms. The quantitative estimate of drug-likeness (QED) is 0.707. The molecule has 148 valence electrons. The molecule has 1 aliphatic rings. The van der Waals surface area contributed by atoms with E-state index in [9.17, 15) is 9.59 Å². The maximum atomic E-state index is 11.9. The summed E-state index contributed by atoms with van der Waals surface area (Å²) in [7, 11) is 1.90. The predicted molar refractivity (Wildman–Crippen MR) is 109 cm³/mol. The molecule has 0 radical (unpaired) electrons. The summed E-state index contributed by atoms with van der Waals surface area (Å²) in [6, 6.07) is 1.94. The van der Waals surface area contributed by atoms with Gasteiger partial charge in [0.15, 0.2) is 11.5 Å². The van der Waals surface area contributed by atoms with Gasteiger partial charge in [0.25, 0.3) is 5.91 Å². The summed E-state index contributed by atoms with van der Waals surface area (Å²) < 4.78 is 4.21. The second kappa shape index (κ2) is 8.34.